The number of piperidine rings is 1. The molecular formula is C28H34N4O3. The van der Waals surface area contributed by atoms with Gasteiger partial charge in [0.05, 0.1) is 11.4 Å². The Kier molecular flexibility index (Phi) is 7.02. The van der Waals surface area contributed by atoms with Gasteiger partial charge in [-0.15, -0.1) is 0 Å². The molecule has 7 heteroatoms. The minimum absolute atomic E-state index is 0.00355. The van der Waals surface area contributed by atoms with Crippen LogP contribution in [0.25, 0.3) is 0 Å². The fourth-order valence-electron chi connectivity index (χ4n) is 5.52. The summed E-state index contributed by atoms with van der Waals surface area (Å²) in [5.74, 6) is -0.205. The summed E-state index contributed by atoms with van der Waals surface area (Å²) in [6, 6.07) is 15.6. The van der Waals surface area contributed by atoms with E-state index in [9.17, 15) is 14.4 Å². The summed E-state index contributed by atoms with van der Waals surface area (Å²) < 4.78 is 0. The van der Waals surface area contributed by atoms with E-state index in [-0.39, 0.29) is 30.3 Å². The van der Waals surface area contributed by atoms with E-state index in [2.05, 4.69) is 22.3 Å². The van der Waals surface area contributed by atoms with Crippen molar-refractivity contribution in [3.05, 3.63) is 59.7 Å². The summed E-state index contributed by atoms with van der Waals surface area (Å²) in [6.07, 6.45) is 6.63. The topological polar surface area (TPSA) is 73.0 Å². The van der Waals surface area contributed by atoms with Crippen LogP contribution in [-0.4, -0.2) is 61.4 Å². The molecule has 5 rings (SSSR count). The van der Waals surface area contributed by atoms with Gasteiger partial charge in [0.25, 0.3) is 5.91 Å². The summed E-state index contributed by atoms with van der Waals surface area (Å²) in [7, 11) is 0. The summed E-state index contributed by atoms with van der Waals surface area (Å²) in [6.45, 7) is 2.91. The van der Waals surface area contributed by atoms with E-state index in [1.807, 2.05) is 41.3 Å². The van der Waals surface area contributed by atoms with Crippen LogP contribution in [0.15, 0.2) is 48.5 Å². The lowest BCUT2D eigenvalue weighted by atomic mass is 9.95. The normalized spacial score (nSPS) is 19.4. The predicted octanol–water partition coefficient (Wildman–Crippen LogP) is 3.38. The van der Waals surface area contributed by atoms with Crippen LogP contribution in [0.3, 0.4) is 0 Å². The Labute approximate surface area is 207 Å². The summed E-state index contributed by atoms with van der Waals surface area (Å²) in [5, 5.41) is 2.98. The molecule has 3 amide bonds. The van der Waals surface area contributed by atoms with Gasteiger partial charge in [-0.1, -0.05) is 30.3 Å². The van der Waals surface area contributed by atoms with E-state index >= 15 is 0 Å². The third-order valence-electron chi connectivity index (χ3n) is 7.38. The zero-order valence-corrected chi connectivity index (χ0v) is 20.2. The lowest BCUT2D eigenvalue weighted by Crippen LogP contribution is -2.57. The number of hydrogen-bond acceptors (Lipinski definition) is 4. The second kappa shape index (κ2) is 10.5. The number of fused-ring (bicyclic) bond motifs is 3. The van der Waals surface area contributed by atoms with Crippen molar-refractivity contribution in [2.75, 3.05) is 42.5 Å². The number of nitrogens with one attached hydrogen (secondary N) is 1. The molecular weight excluding hydrogens is 440 g/mol. The van der Waals surface area contributed by atoms with Crippen molar-refractivity contribution in [2.24, 2.45) is 0 Å². The number of amides is 3. The second-order valence-electron chi connectivity index (χ2n) is 9.77. The highest BCUT2D eigenvalue weighted by Crippen LogP contribution is 2.40. The fourth-order valence-corrected chi connectivity index (χ4v) is 5.52. The highest BCUT2D eigenvalue weighted by molar-refractivity contribution is 6.09. The summed E-state index contributed by atoms with van der Waals surface area (Å²) >= 11 is 0. The van der Waals surface area contributed by atoms with Gasteiger partial charge in [-0.3, -0.25) is 19.3 Å². The molecule has 0 aromatic heterocycles. The first-order valence-corrected chi connectivity index (χ1v) is 12.9. The van der Waals surface area contributed by atoms with Gasteiger partial charge in [0.1, 0.15) is 12.6 Å². The van der Waals surface area contributed by atoms with E-state index in [0.717, 1.165) is 70.3 Å². The first-order valence-electron chi connectivity index (χ1n) is 12.9. The number of nitrogens with zero attached hydrogens (tertiary/aromatic N) is 3. The van der Waals surface area contributed by atoms with Crippen LogP contribution in [0.4, 0.5) is 11.4 Å². The van der Waals surface area contributed by atoms with Crippen molar-refractivity contribution in [3.8, 4) is 0 Å². The zero-order valence-electron chi connectivity index (χ0n) is 20.2. The molecule has 1 unspecified atom stereocenters. The Morgan fingerprint density at radius 3 is 2.49 bits per heavy atom. The van der Waals surface area contributed by atoms with Crippen LogP contribution in [0, 0.1) is 0 Å². The maximum Gasteiger partial charge on any atom is 0.253 e. The predicted molar refractivity (Wildman–Crippen MR) is 137 cm³/mol. The van der Waals surface area contributed by atoms with Crippen LogP contribution < -0.4 is 15.1 Å². The number of aryl methyl sites for hydroxylation is 1. The molecule has 35 heavy (non-hydrogen) atoms. The maximum atomic E-state index is 13.5. The Morgan fingerprint density at radius 1 is 0.914 bits per heavy atom. The molecule has 0 radical (unpaired) electrons. The number of hydrogen-bond donors (Lipinski definition) is 1. The zero-order chi connectivity index (χ0) is 24.2. The molecule has 184 valence electrons. The lowest BCUT2D eigenvalue weighted by Gasteiger charge is -2.45. The van der Waals surface area contributed by atoms with Gasteiger partial charge in [-0.05, 0) is 68.7 Å². The van der Waals surface area contributed by atoms with Crippen LogP contribution in [0.2, 0.25) is 0 Å². The number of likely N-dealkylation sites (tertiary alicyclic amines) is 1. The minimum atomic E-state index is -0.234. The fraction of sp³-hybridized carbons (Fsp3) is 0.464. The Hall–Kier alpha value is -3.35. The highest BCUT2D eigenvalue weighted by atomic mass is 16.2. The third kappa shape index (κ3) is 5.04. The van der Waals surface area contributed by atoms with Crippen LogP contribution >= 0.6 is 0 Å². The molecule has 2 fully saturated rings. The van der Waals surface area contributed by atoms with Crippen molar-refractivity contribution in [1.29, 1.82) is 0 Å². The lowest BCUT2D eigenvalue weighted by molar-refractivity contribution is -0.125. The molecule has 0 bridgehead atoms. The maximum absolute atomic E-state index is 13.5. The Morgan fingerprint density at radius 2 is 1.69 bits per heavy atom. The molecule has 3 aliphatic heterocycles. The van der Waals surface area contributed by atoms with Gasteiger partial charge in [-0.2, -0.15) is 0 Å². The number of rotatable bonds is 7. The van der Waals surface area contributed by atoms with Gasteiger partial charge < -0.3 is 15.1 Å². The quantitative estimate of drug-likeness (QED) is 0.625. The minimum Gasteiger partial charge on any atom is -0.358 e. The van der Waals surface area contributed by atoms with Crippen molar-refractivity contribution < 1.29 is 14.4 Å². The van der Waals surface area contributed by atoms with E-state index < -0.39 is 0 Å². The molecule has 2 saturated heterocycles. The largest absolute Gasteiger partial charge is 0.358 e. The molecule has 2 aromatic rings. The van der Waals surface area contributed by atoms with Gasteiger partial charge in [-0.25, -0.2) is 0 Å². The molecule has 2 aromatic carbocycles. The monoisotopic (exact) mass is 474 g/mol. The smallest absolute Gasteiger partial charge is 0.253 e. The average molecular weight is 475 g/mol. The number of anilines is 2. The van der Waals surface area contributed by atoms with Crippen LogP contribution in [0.5, 0.6) is 0 Å². The molecule has 0 spiro atoms. The van der Waals surface area contributed by atoms with E-state index in [4.69, 9.17) is 0 Å². The van der Waals surface area contributed by atoms with E-state index in [1.54, 1.807) is 4.90 Å². The number of carbonyl (C=O) groups is 3. The number of carbonyl (C=O) groups excluding carboxylic acids is 3. The molecule has 3 aliphatic rings. The van der Waals surface area contributed by atoms with Crippen LogP contribution in [0.1, 0.15) is 54.4 Å². The van der Waals surface area contributed by atoms with Gasteiger partial charge >= 0.3 is 0 Å². The second-order valence-corrected chi connectivity index (χ2v) is 9.77. The molecule has 1 N–H and O–H groups in total. The van der Waals surface area contributed by atoms with Gasteiger partial charge in [0.2, 0.25) is 11.8 Å². The van der Waals surface area contributed by atoms with Crippen molar-refractivity contribution in [2.45, 2.75) is 51.0 Å². The van der Waals surface area contributed by atoms with E-state index in [1.165, 1.54) is 5.56 Å². The van der Waals surface area contributed by atoms with Crippen molar-refractivity contribution >= 4 is 29.1 Å². The molecule has 3 heterocycles. The molecule has 0 aliphatic carbocycles. The molecule has 1 atom stereocenters. The van der Waals surface area contributed by atoms with Crippen molar-refractivity contribution in [1.82, 2.24) is 10.2 Å². The van der Waals surface area contributed by atoms with Gasteiger partial charge in [0, 0.05) is 31.7 Å². The van der Waals surface area contributed by atoms with Crippen LogP contribution in [-0.2, 0) is 16.0 Å². The molecule has 7 nitrogen and oxygen atoms in total. The Balaban J connectivity index is 1.31. The summed E-state index contributed by atoms with van der Waals surface area (Å²) in [4.78, 5) is 45.1. The summed E-state index contributed by atoms with van der Waals surface area (Å²) in [5.41, 5.74) is 3.46. The first-order chi connectivity index (χ1) is 17.1. The molecule has 0 saturated carbocycles. The first kappa shape index (κ1) is 23.4. The van der Waals surface area contributed by atoms with E-state index in [0.29, 0.717) is 17.8 Å². The number of benzene rings is 2. The SMILES string of the molecule is O=C(CN1C(=O)C2CCCCN2c2ccc(C(=O)N3CCCC3)cc21)NCCCc1ccccc1. The highest BCUT2D eigenvalue weighted by Gasteiger charge is 2.40. The average Bonchev–Trinajstić information content (AvgIpc) is 3.44. The third-order valence-corrected chi connectivity index (χ3v) is 7.38. The Bertz CT molecular complexity index is 1080. The standard InChI is InChI=1S/C28H34N4O3/c33-26(29-15-8-11-21-9-2-1-3-10-21)20-32-25-19-22(27(34)30-16-6-7-17-30)13-14-23(25)31-18-5-4-12-24(31)28(32)35/h1-3,9-10,13-14,19,24H,4-8,11-12,15-18,20H2,(H,29,33). The van der Waals surface area contributed by atoms with Gasteiger partial charge in [0.15, 0.2) is 0 Å². The van der Waals surface area contributed by atoms with Crippen molar-refractivity contribution in [3.63, 3.8) is 0 Å².